The molecule has 1 saturated heterocycles. The highest BCUT2D eigenvalue weighted by molar-refractivity contribution is 9.10. The van der Waals surface area contributed by atoms with Gasteiger partial charge in [0.25, 0.3) is 0 Å². The van der Waals surface area contributed by atoms with E-state index < -0.39 is 0 Å². The summed E-state index contributed by atoms with van der Waals surface area (Å²) in [6.07, 6.45) is 0.464. The second kappa shape index (κ2) is 6.94. The molecule has 2 aromatic carbocycles. The van der Waals surface area contributed by atoms with E-state index in [0.717, 1.165) is 15.8 Å². The Morgan fingerprint density at radius 2 is 1.82 bits per heavy atom. The van der Waals surface area contributed by atoms with Crippen LogP contribution < -0.4 is 4.74 Å². The third-order valence-corrected chi connectivity index (χ3v) is 3.99. The quantitative estimate of drug-likeness (QED) is 0.738. The van der Waals surface area contributed by atoms with Gasteiger partial charge in [-0.15, -0.1) is 0 Å². The van der Waals surface area contributed by atoms with E-state index in [-0.39, 0.29) is 11.9 Å². The standard InChI is InChI=1S/C17H16BrNO3/c18-14-6-8-16(9-7-14)21-12-15-10-17(20)19(15)22-11-13-4-2-1-3-5-13/h1-9,15H,10-12H2/t15-/m1/s1. The Hall–Kier alpha value is -1.85. The predicted molar refractivity (Wildman–Crippen MR) is 86.1 cm³/mol. The van der Waals surface area contributed by atoms with Crippen molar-refractivity contribution in [3.8, 4) is 5.75 Å². The molecule has 1 heterocycles. The lowest BCUT2D eigenvalue weighted by atomic mass is 10.1. The summed E-state index contributed by atoms with van der Waals surface area (Å²) in [4.78, 5) is 17.3. The Kier molecular flexibility index (Phi) is 4.75. The molecule has 0 saturated carbocycles. The van der Waals surface area contributed by atoms with Gasteiger partial charge in [-0.1, -0.05) is 46.3 Å². The average molecular weight is 362 g/mol. The molecule has 114 valence electrons. The van der Waals surface area contributed by atoms with Crippen molar-refractivity contribution in [2.75, 3.05) is 6.61 Å². The van der Waals surface area contributed by atoms with Crippen LogP contribution in [0.2, 0.25) is 0 Å². The highest BCUT2D eigenvalue weighted by Gasteiger charge is 2.38. The van der Waals surface area contributed by atoms with E-state index in [4.69, 9.17) is 9.57 Å². The monoisotopic (exact) mass is 361 g/mol. The fraction of sp³-hybridized carbons (Fsp3) is 0.235. The molecule has 4 nitrogen and oxygen atoms in total. The highest BCUT2D eigenvalue weighted by atomic mass is 79.9. The summed E-state index contributed by atoms with van der Waals surface area (Å²) in [6.45, 7) is 0.823. The number of hydrogen-bond donors (Lipinski definition) is 0. The Labute approximate surface area is 137 Å². The fourth-order valence-corrected chi connectivity index (χ4v) is 2.48. The molecule has 5 heteroatoms. The van der Waals surface area contributed by atoms with E-state index in [2.05, 4.69) is 15.9 Å². The van der Waals surface area contributed by atoms with Gasteiger partial charge in [-0.3, -0.25) is 9.63 Å². The average Bonchev–Trinajstić information content (AvgIpc) is 2.54. The number of benzene rings is 2. The van der Waals surface area contributed by atoms with Gasteiger partial charge in [-0.05, 0) is 29.8 Å². The molecule has 0 unspecified atom stereocenters. The number of rotatable bonds is 6. The molecule has 1 aliphatic rings. The van der Waals surface area contributed by atoms with Crippen molar-refractivity contribution in [1.82, 2.24) is 5.06 Å². The molecular weight excluding hydrogens is 346 g/mol. The first-order valence-corrected chi connectivity index (χ1v) is 7.89. The first-order chi connectivity index (χ1) is 10.7. The van der Waals surface area contributed by atoms with Crippen molar-refractivity contribution in [3.05, 3.63) is 64.6 Å². The summed E-state index contributed by atoms with van der Waals surface area (Å²) in [6, 6.07) is 17.4. The summed E-state index contributed by atoms with van der Waals surface area (Å²) in [7, 11) is 0. The van der Waals surface area contributed by atoms with Crippen LogP contribution in [-0.2, 0) is 16.2 Å². The number of β-lactam (4-membered cyclic amide) rings is 1. The second-order valence-electron chi connectivity index (χ2n) is 5.10. The third kappa shape index (κ3) is 3.67. The van der Waals surface area contributed by atoms with Crippen molar-refractivity contribution in [2.45, 2.75) is 19.1 Å². The number of hydroxylamine groups is 2. The van der Waals surface area contributed by atoms with Crippen LogP contribution >= 0.6 is 15.9 Å². The van der Waals surface area contributed by atoms with E-state index in [9.17, 15) is 4.79 Å². The Morgan fingerprint density at radius 3 is 2.50 bits per heavy atom. The summed E-state index contributed by atoms with van der Waals surface area (Å²) >= 11 is 3.38. The minimum Gasteiger partial charge on any atom is -0.491 e. The highest BCUT2D eigenvalue weighted by Crippen LogP contribution is 2.23. The zero-order valence-electron chi connectivity index (χ0n) is 11.9. The maximum Gasteiger partial charge on any atom is 0.248 e. The summed E-state index contributed by atoms with van der Waals surface area (Å²) in [5.41, 5.74) is 1.04. The Balaban J connectivity index is 1.49. The van der Waals surface area contributed by atoms with Crippen LogP contribution in [-0.4, -0.2) is 23.6 Å². The molecule has 1 fully saturated rings. The SMILES string of the molecule is O=C1C[C@H](COc2ccc(Br)cc2)N1OCc1ccccc1. The fourth-order valence-electron chi connectivity index (χ4n) is 2.21. The minimum atomic E-state index is -0.0279. The zero-order valence-corrected chi connectivity index (χ0v) is 13.5. The Bertz CT molecular complexity index is 630. The number of carbonyl (C=O) groups excluding carboxylic acids is 1. The molecule has 0 bridgehead atoms. The first-order valence-electron chi connectivity index (χ1n) is 7.09. The number of halogens is 1. The lowest BCUT2D eigenvalue weighted by Gasteiger charge is -2.38. The molecule has 2 aromatic rings. The van der Waals surface area contributed by atoms with Gasteiger partial charge in [-0.2, -0.15) is 0 Å². The van der Waals surface area contributed by atoms with Crippen molar-refractivity contribution >= 4 is 21.8 Å². The van der Waals surface area contributed by atoms with Gasteiger partial charge >= 0.3 is 0 Å². The summed E-state index contributed by atoms with van der Waals surface area (Å²) in [5, 5.41) is 1.42. The molecule has 22 heavy (non-hydrogen) atoms. The van der Waals surface area contributed by atoms with Crippen molar-refractivity contribution in [2.24, 2.45) is 0 Å². The van der Waals surface area contributed by atoms with Crippen LogP contribution in [0.1, 0.15) is 12.0 Å². The van der Waals surface area contributed by atoms with Crippen LogP contribution in [0.4, 0.5) is 0 Å². The number of amides is 1. The number of hydrogen-bond acceptors (Lipinski definition) is 3. The molecule has 1 aliphatic heterocycles. The number of carbonyl (C=O) groups is 1. The van der Waals surface area contributed by atoms with Gasteiger partial charge in [0, 0.05) is 4.47 Å². The van der Waals surface area contributed by atoms with E-state index in [0.29, 0.717) is 19.6 Å². The smallest absolute Gasteiger partial charge is 0.248 e. The van der Waals surface area contributed by atoms with Gasteiger partial charge in [0.1, 0.15) is 25.0 Å². The van der Waals surface area contributed by atoms with Crippen molar-refractivity contribution in [1.29, 1.82) is 0 Å². The van der Waals surface area contributed by atoms with Gasteiger partial charge in [-0.25, -0.2) is 5.06 Å². The molecule has 0 aromatic heterocycles. The summed E-state index contributed by atoms with van der Waals surface area (Å²) < 4.78 is 6.71. The molecule has 0 radical (unpaired) electrons. The molecule has 1 atom stereocenters. The van der Waals surface area contributed by atoms with E-state index in [1.807, 2.05) is 54.6 Å². The topological polar surface area (TPSA) is 38.8 Å². The second-order valence-corrected chi connectivity index (χ2v) is 6.02. The van der Waals surface area contributed by atoms with Gasteiger partial charge in [0.05, 0.1) is 6.42 Å². The minimum absolute atomic E-state index is 0.000312. The van der Waals surface area contributed by atoms with Gasteiger partial charge in [0.15, 0.2) is 0 Å². The molecule has 1 amide bonds. The van der Waals surface area contributed by atoms with E-state index >= 15 is 0 Å². The molecule has 3 rings (SSSR count). The lowest BCUT2D eigenvalue weighted by molar-refractivity contribution is -0.236. The third-order valence-electron chi connectivity index (χ3n) is 3.46. The number of ether oxygens (including phenoxy) is 1. The lowest BCUT2D eigenvalue weighted by Crippen LogP contribution is -2.54. The van der Waals surface area contributed by atoms with E-state index in [1.165, 1.54) is 5.06 Å². The predicted octanol–water partition coefficient (Wildman–Crippen LogP) is 3.56. The first kappa shape index (κ1) is 15.1. The van der Waals surface area contributed by atoms with E-state index in [1.54, 1.807) is 0 Å². The molecule has 0 aliphatic carbocycles. The van der Waals surface area contributed by atoms with Gasteiger partial charge in [0.2, 0.25) is 5.91 Å². The van der Waals surface area contributed by atoms with Crippen LogP contribution in [0.25, 0.3) is 0 Å². The van der Waals surface area contributed by atoms with Gasteiger partial charge < -0.3 is 4.74 Å². The van der Waals surface area contributed by atoms with Crippen LogP contribution in [0.5, 0.6) is 5.75 Å². The maximum absolute atomic E-state index is 11.7. The molecule has 0 N–H and O–H groups in total. The molecule has 0 spiro atoms. The maximum atomic E-state index is 11.7. The van der Waals surface area contributed by atoms with Crippen LogP contribution in [0.3, 0.4) is 0 Å². The van der Waals surface area contributed by atoms with Crippen molar-refractivity contribution < 1.29 is 14.4 Å². The zero-order chi connectivity index (χ0) is 15.4. The number of nitrogens with zero attached hydrogens (tertiary/aromatic N) is 1. The van der Waals surface area contributed by atoms with Crippen molar-refractivity contribution in [3.63, 3.8) is 0 Å². The largest absolute Gasteiger partial charge is 0.491 e. The Morgan fingerprint density at radius 1 is 1.09 bits per heavy atom. The molecular formula is C17H16BrNO3. The summed E-state index contributed by atoms with van der Waals surface area (Å²) in [5.74, 6) is 0.783. The van der Waals surface area contributed by atoms with Crippen LogP contribution in [0, 0.1) is 0 Å². The van der Waals surface area contributed by atoms with Crippen LogP contribution in [0.15, 0.2) is 59.1 Å². The normalized spacial score (nSPS) is 17.2.